The Morgan fingerprint density at radius 3 is 2.82 bits per heavy atom. The normalized spacial score (nSPS) is 21.7. The fraction of sp³-hybridized carbons (Fsp3) is 0.750. The van der Waals surface area contributed by atoms with E-state index in [1.807, 2.05) is 20.8 Å². The van der Waals surface area contributed by atoms with Crippen molar-refractivity contribution in [3.8, 4) is 0 Å². The van der Waals surface area contributed by atoms with Gasteiger partial charge in [-0.3, -0.25) is 10.3 Å². The van der Waals surface area contributed by atoms with Gasteiger partial charge in [0.1, 0.15) is 11.8 Å². The van der Waals surface area contributed by atoms with Crippen molar-refractivity contribution >= 4 is 5.97 Å². The summed E-state index contributed by atoms with van der Waals surface area (Å²) in [6.45, 7) is 7.93. The molecule has 1 aliphatic heterocycles. The van der Waals surface area contributed by atoms with E-state index in [1.54, 1.807) is 13.0 Å². The largest absolute Gasteiger partial charge is 0.461 e. The summed E-state index contributed by atoms with van der Waals surface area (Å²) in [4.78, 5) is 16.6. The number of ether oxygens (including phenoxy) is 1. The van der Waals surface area contributed by atoms with Crippen molar-refractivity contribution in [2.45, 2.75) is 46.3 Å². The summed E-state index contributed by atoms with van der Waals surface area (Å²) in [7, 11) is 0. The van der Waals surface area contributed by atoms with E-state index >= 15 is 0 Å². The van der Waals surface area contributed by atoms with Crippen LogP contribution in [-0.2, 0) is 14.4 Å². The Morgan fingerprint density at radius 1 is 1.65 bits per heavy atom. The maximum Gasteiger partial charge on any atom is 0.356 e. The summed E-state index contributed by atoms with van der Waals surface area (Å²) >= 11 is 0. The summed E-state index contributed by atoms with van der Waals surface area (Å²) in [5.41, 5.74) is 2.62. The SMILES string of the molecule is CCOC(=O)C1=CC(CC(O)C(C)(C)C)ON1. The molecule has 0 aromatic carbocycles. The van der Waals surface area contributed by atoms with Crippen molar-refractivity contribution in [3.63, 3.8) is 0 Å². The first-order valence-corrected chi connectivity index (χ1v) is 5.83. The maximum atomic E-state index is 11.4. The number of hydrogen-bond donors (Lipinski definition) is 2. The van der Waals surface area contributed by atoms with E-state index in [2.05, 4.69) is 5.48 Å². The lowest BCUT2D eigenvalue weighted by Gasteiger charge is -2.26. The van der Waals surface area contributed by atoms with Crippen molar-refractivity contribution < 1.29 is 19.5 Å². The minimum Gasteiger partial charge on any atom is -0.461 e. The molecule has 1 rings (SSSR count). The molecule has 0 fully saturated rings. The number of aliphatic hydroxyl groups is 1. The second-order valence-corrected chi connectivity index (χ2v) is 5.18. The first-order chi connectivity index (χ1) is 7.84. The summed E-state index contributed by atoms with van der Waals surface area (Å²) in [5, 5.41) is 9.92. The van der Waals surface area contributed by atoms with Gasteiger partial charge in [-0.05, 0) is 18.4 Å². The molecule has 0 aromatic rings. The lowest BCUT2D eigenvalue weighted by atomic mass is 9.86. The smallest absolute Gasteiger partial charge is 0.356 e. The minimum atomic E-state index is -0.493. The molecule has 0 radical (unpaired) electrons. The van der Waals surface area contributed by atoms with Crippen LogP contribution in [-0.4, -0.2) is 29.9 Å². The van der Waals surface area contributed by atoms with Gasteiger partial charge in [-0.15, -0.1) is 0 Å². The van der Waals surface area contributed by atoms with Crippen LogP contribution in [0.15, 0.2) is 11.8 Å². The van der Waals surface area contributed by atoms with Crippen LogP contribution >= 0.6 is 0 Å². The Hall–Kier alpha value is -1.07. The third-order valence-electron chi connectivity index (χ3n) is 2.62. The number of hydrogen-bond acceptors (Lipinski definition) is 5. The van der Waals surface area contributed by atoms with Crippen molar-refractivity contribution in [3.05, 3.63) is 11.8 Å². The number of hydroxylamine groups is 1. The fourth-order valence-corrected chi connectivity index (χ4v) is 1.40. The highest BCUT2D eigenvalue weighted by Crippen LogP contribution is 2.25. The van der Waals surface area contributed by atoms with E-state index in [4.69, 9.17) is 9.57 Å². The number of carbonyl (C=O) groups excluding carboxylic acids is 1. The number of rotatable bonds is 4. The van der Waals surface area contributed by atoms with Crippen LogP contribution in [0.1, 0.15) is 34.1 Å². The van der Waals surface area contributed by atoms with Crippen LogP contribution in [0.2, 0.25) is 0 Å². The van der Waals surface area contributed by atoms with E-state index in [0.717, 1.165) is 0 Å². The minimum absolute atomic E-state index is 0.204. The van der Waals surface area contributed by atoms with Gasteiger partial charge in [0.25, 0.3) is 0 Å². The molecule has 5 heteroatoms. The van der Waals surface area contributed by atoms with Gasteiger partial charge in [-0.1, -0.05) is 20.8 Å². The Morgan fingerprint density at radius 2 is 2.29 bits per heavy atom. The van der Waals surface area contributed by atoms with Crippen molar-refractivity contribution in [2.75, 3.05) is 6.61 Å². The average Bonchev–Trinajstić information content (AvgIpc) is 2.65. The third-order valence-corrected chi connectivity index (χ3v) is 2.62. The molecule has 1 aliphatic rings. The molecular formula is C12H21NO4. The van der Waals surface area contributed by atoms with Gasteiger partial charge < -0.3 is 9.84 Å². The van der Waals surface area contributed by atoms with Gasteiger partial charge in [0.15, 0.2) is 0 Å². The molecule has 0 saturated carbocycles. The number of carbonyl (C=O) groups is 1. The zero-order chi connectivity index (χ0) is 13.1. The highest BCUT2D eigenvalue weighted by Gasteiger charge is 2.29. The molecule has 0 spiro atoms. The van der Waals surface area contributed by atoms with Gasteiger partial charge in [-0.2, -0.15) is 0 Å². The predicted molar refractivity (Wildman–Crippen MR) is 62.8 cm³/mol. The van der Waals surface area contributed by atoms with Crippen LogP contribution in [0.3, 0.4) is 0 Å². The molecule has 98 valence electrons. The van der Waals surface area contributed by atoms with Crippen LogP contribution in [0.4, 0.5) is 0 Å². The van der Waals surface area contributed by atoms with Crippen LogP contribution in [0.25, 0.3) is 0 Å². The Bertz CT molecular complexity index is 306. The molecule has 0 saturated heterocycles. The summed E-state index contributed by atoms with van der Waals surface area (Å²) in [6, 6.07) is 0. The molecule has 0 aromatic heterocycles. The van der Waals surface area contributed by atoms with E-state index in [9.17, 15) is 9.90 Å². The highest BCUT2D eigenvalue weighted by atomic mass is 16.7. The quantitative estimate of drug-likeness (QED) is 0.725. The Labute approximate surface area is 102 Å². The van der Waals surface area contributed by atoms with E-state index < -0.39 is 12.1 Å². The lowest BCUT2D eigenvalue weighted by Crippen LogP contribution is -2.30. The Kier molecular flexibility index (Phi) is 4.54. The van der Waals surface area contributed by atoms with E-state index in [0.29, 0.717) is 18.7 Å². The average molecular weight is 243 g/mol. The topological polar surface area (TPSA) is 67.8 Å². The molecule has 5 nitrogen and oxygen atoms in total. The first kappa shape index (κ1) is 14.0. The molecular weight excluding hydrogens is 222 g/mol. The first-order valence-electron chi connectivity index (χ1n) is 5.83. The van der Waals surface area contributed by atoms with Gasteiger partial charge in [-0.25, -0.2) is 4.79 Å². The highest BCUT2D eigenvalue weighted by molar-refractivity contribution is 5.87. The Balaban J connectivity index is 2.51. The molecule has 2 atom stereocenters. The van der Waals surface area contributed by atoms with E-state index in [-0.39, 0.29) is 11.5 Å². The second-order valence-electron chi connectivity index (χ2n) is 5.18. The van der Waals surface area contributed by atoms with Crippen molar-refractivity contribution in [2.24, 2.45) is 5.41 Å². The van der Waals surface area contributed by atoms with Gasteiger partial charge in [0.05, 0.1) is 12.7 Å². The van der Waals surface area contributed by atoms with Crippen molar-refractivity contribution in [1.29, 1.82) is 0 Å². The van der Waals surface area contributed by atoms with Crippen LogP contribution < -0.4 is 5.48 Å². The second kappa shape index (κ2) is 5.51. The summed E-state index contributed by atoms with van der Waals surface area (Å²) in [5.74, 6) is -0.430. The zero-order valence-corrected chi connectivity index (χ0v) is 10.8. The van der Waals surface area contributed by atoms with E-state index in [1.165, 1.54) is 0 Å². The van der Waals surface area contributed by atoms with Crippen LogP contribution in [0.5, 0.6) is 0 Å². The van der Waals surface area contributed by atoms with Gasteiger partial charge in [0.2, 0.25) is 0 Å². The number of esters is 1. The molecule has 2 unspecified atom stereocenters. The third kappa shape index (κ3) is 4.02. The zero-order valence-electron chi connectivity index (χ0n) is 10.8. The molecule has 0 bridgehead atoms. The molecule has 1 heterocycles. The molecule has 2 N–H and O–H groups in total. The van der Waals surface area contributed by atoms with Crippen LogP contribution in [0, 0.1) is 5.41 Å². The number of aliphatic hydroxyl groups excluding tert-OH is 1. The van der Waals surface area contributed by atoms with Gasteiger partial charge >= 0.3 is 5.97 Å². The molecule has 0 amide bonds. The molecule has 17 heavy (non-hydrogen) atoms. The van der Waals surface area contributed by atoms with Crippen molar-refractivity contribution in [1.82, 2.24) is 5.48 Å². The standard InChI is InChI=1S/C12H21NO4/c1-5-16-11(15)9-6-8(17-13-9)7-10(14)12(2,3)4/h6,8,10,13-14H,5,7H2,1-4H3. The monoisotopic (exact) mass is 243 g/mol. The predicted octanol–water partition coefficient (Wildman–Crippen LogP) is 1.13. The van der Waals surface area contributed by atoms with Gasteiger partial charge in [0, 0.05) is 6.42 Å². The number of nitrogens with one attached hydrogen (secondary N) is 1. The maximum absolute atomic E-state index is 11.4. The molecule has 0 aliphatic carbocycles. The fourth-order valence-electron chi connectivity index (χ4n) is 1.40. The summed E-state index contributed by atoms with van der Waals surface area (Å²) in [6.07, 6.45) is 1.29. The summed E-state index contributed by atoms with van der Waals surface area (Å²) < 4.78 is 4.83. The lowest BCUT2D eigenvalue weighted by molar-refractivity contribution is -0.140.